The van der Waals surface area contributed by atoms with Gasteiger partial charge in [0, 0.05) is 24.7 Å². The summed E-state index contributed by atoms with van der Waals surface area (Å²) in [6, 6.07) is 2.17. The zero-order valence-corrected chi connectivity index (χ0v) is 10.9. The van der Waals surface area contributed by atoms with Crippen LogP contribution in [0.15, 0.2) is 12.3 Å². The topological polar surface area (TPSA) is 85.8 Å². The highest BCUT2D eigenvalue weighted by atomic mass is 16.1. The Morgan fingerprint density at radius 2 is 2.21 bits per heavy atom. The van der Waals surface area contributed by atoms with Crippen LogP contribution in [0, 0.1) is 0 Å². The zero-order chi connectivity index (χ0) is 13.4. The van der Waals surface area contributed by atoms with Crippen LogP contribution in [0.4, 0.5) is 5.95 Å². The number of carbonyl (C=O) groups is 1. The molecule has 2 aromatic rings. The van der Waals surface area contributed by atoms with Crippen LogP contribution in [0.2, 0.25) is 0 Å². The molecule has 3 rings (SSSR count). The van der Waals surface area contributed by atoms with Crippen LogP contribution in [0.25, 0.3) is 11.0 Å². The van der Waals surface area contributed by atoms with Gasteiger partial charge in [-0.3, -0.25) is 4.79 Å². The number of hydrogen-bond acceptors (Lipinski definition) is 4. The van der Waals surface area contributed by atoms with Crippen LogP contribution in [0.1, 0.15) is 42.2 Å². The first-order valence-corrected chi connectivity index (χ1v) is 6.56. The fraction of sp³-hybridized carbons (Fsp3) is 0.462. The van der Waals surface area contributed by atoms with E-state index in [4.69, 9.17) is 5.73 Å². The lowest BCUT2D eigenvalue weighted by atomic mass is 10.2. The first kappa shape index (κ1) is 12.0. The largest absolute Gasteiger partial charge is 0.368 e. The molecule has 1 amide bonds. The fourth-order valence-corrected chi connectivity index (χ4v) is 2.86. The molecule has 0 spiro atoms. The molecule has 1 aliphatic carbocycles. The van der Waals surface area contributed by atoms with Gasteiger partial charge in [0.05, 0.1) is 0 Å². The van der Waals surface area contributed by atoms with E-state index in [0.29, 0.717) is 11.7 Å². The molecule has 0 unspecified atom stereocenters. The first-order chi connectivity index (χ1) is 9.20. The van der Waals surface area contributed by atoms with Crippen LogP contribution in [0.3, 0.4) is 0 Å². The summed E-state index contributed by atoms with van der Waals surface area (Å²) in [7, 11) is 1.64. The average molecular weight is 259 g/mol. The van der Waals surface area contributed by atoms with Gasteiger partial charge >= 0.3 is 0 Å². The minimum Gasteiger partial charge on any atom is -0.368 e. The number of nitrogen functional groups attached to an aromatic ring is 1. The number of fused-ring (bicyclic) bond motifs is 1. The quantitative estimate of drug-likeness (QED) is 0.855. The lowest BCUT2D eigenvalue weighted by molar-refractivity contribution is 0.0952. The predicted molar refractivity (Wildman–Crippen MR) is 72.8 cm³/mol. The van der Waals surface area contributed by atoms with Crippen molar-refractivity contribution in [1.29, 1.82) is 0 Å². The Labute approximate surface area is 111 Å². The third-order valence-corrected chi connectivity index (χ3v) is 3.74. The van der Waals surface area contributed by atoms with Crippen molar-refractivity contribution in [2.75, 3.05) is 12.8 Å². The number of nitrogens with two attached hydrogens (primary N) is 1. The first-order valence-electron chi connectivity index (χ1n) is 6.56. The third-order valence-electron chi connectivity index (χ3n) is 3.74. The monoisotopic (exact) mass is 259 g/mol. The van der Waals surface area contributed by atoms with Crippen molar-refractivity contribution < 1.29 is 4.79 Å². The molecule has 0 aliphatic heterocycles. The molecule has 1 saturated carbocycles. The minimum absolute atomic E-state index is 0.0940. The van der Waals surface area contributed by atoms with E-state index in [-0.39, 0.29) is 11.9 Å². The molecule has 0 radical (unpaired) electrons. The number of hydrogen-bond donors (Lipinski definition) is 2. The molecule has 6 heteroatoms. The molecule has 2 heterocycles. The molecular weight excluding hydrogens is 242 g/mol. The minimum atomic E-state index is -0.0940. The molecular formula is C13H17N5O. The molecule has 0 saturated heterocycles. The number of rotatable bonds is 2. The number of aromatic nitrogens is 3. The highest BCUT2D eigenvalue weighted by molar-refractivity contribution is 5.97. The number of carbonyl (C=O) groups excluding carboxylic acids is 1. The van der Waals surface area contributed by atoms with E-state index in [9.17, 15) is 4.79 Å². The number of amides is 1. The maximum absolute atomic E-state index is 12.0. The van der Waals surface area contributed by atoms with Crippen molar-refractivity contribution in [2.24, 2.45) is 0 Å². The second-order valence-corrected chi connectivity index (χ2v) is 4.92. The van der Waals surface area contributed by atoms with Gasteiger partial charge in [-0.15, -0.1) is 0 Å². The summed E-state index contributed by atoms with van der Waals surface area (Å²) in [5.74, 6) is 0.150. The van der Waals surface area contributed by atoms with E-state index in [1.165, 1.54) is 12.8 Å². The highest BCUT2D eigenvalue weighted by Gasteiger charge is 2.25. The van der Waals surface area contributed by atoms with Crippen molar-refractivity contribution in [1.82, 2.24) is 19.9 Å². The number of anilines is 1. The van der Waals surface area contributed by atoms with Crippen LogP contribution >= 0.6 is 0 Å². The Morgan fingerprint density at radius 3 is 2.89 bits per heavy atom. The van der Waals surface area contributed by atoms with Crippen molar-refractivity contribution in [3.8, 4) is 0 Å². The van der Waals surface area contributed by atoms with Crippen molar-refractivity contribution >= 4 is 22.9 Å². The Hall–Kier alpha value is -2.11. The van der Waals surface area contributed by atoms with E-state index in [1.54, 1.807) is 13.2 Å². The van der Waals surface area contributed by atoms with Gasteiger partial charge in [-0.1, -0.05) is 12.8 Å². The summed E-state index contributed by atoms with van der Waals surface area (Å²) in [5.41, 5.74) is 7.08. The van der Waals surface area contributed by atoms with Gasteiger partial charge in [0.25, 0.3) is 5.91 Å². The zero-order valence-electron chi connectivity index (χ0n) is 10.9. The summed E-state index contributed by atoms with van der Waals surface area (Å²) in [5, 5.41) is 3.54. The Bertz CT molecular complexity index is 627. The van der Waals surface area contributed by atoms with Gasteiger partial charge < -0.3 is 15.6 Å². The Morgan fingerprint density at radius 1 is 1.47 bits per heavy atom. The van der Waals surface area contributed by atoms with Gasteiger partial charge in [0.15, 0.2) is 0 Å². The molecule has 3 N–H and O–H groups in total. The summed E-state index contributed by atoms with van der Waals surface area (Å²) >= 11 is 0. The summed E-state index contributed by atoms with van der Waals surface area (Å²) in [6.45, 7) is 0. The maximum atomic E-state index is 12.0. The lowest BCUT2D eigenvalue weighted by Crippen LogP contribution is -2.23. The molecule has 19 heavy (non-hydrogen) atoms. The maximum Gasteiger partial charge on any atom is 0.267 e. The average Bonchev–Trinajstić information content (AvgIpc) is 3.03. The molecule has 0 atom stereocenters. The standard InChI is InChI=1S/C13H17N5O/c1-15-12(19)10-6-8-7-16-13(14)17-11(8)18(10)9-4-2-3-5-9/h6-7,9H,2-5H2,1H3,(H,15,19)(H2,14,16,17). The molecule has 1 aliphatic rings. The fourth-order valence-electron chi connectivity index (χ4n) is 2.86. The van der Waals surface area contributed by atoms with E-state index >= 15 is 0 Å². The van der Waals surface area contributed by atoms with E-state index in [0.717, 1.165) is 23.9 Å². The summed E-state index contributed by atoms with van der Waals surface area (Å²) < 4.78 is 2.03. The second-order valence-electron chi connectivity index (χ2n) is 4.92. The van der Waals surface area contributed by atoms with Crippen molar-refractivity contribution in [2.45, 2.75) is 31.7 Å². The number of nitrogens with one attached hydrogen (secondary N) is 1. The molecule has 0 aromatic carbocycles. The second kappa shape index (κ2) is 4.53. The smallest absolute Gasteiger partial charge is 0.267 e. The van der Waals surface area contributed by atoms with Crippen LogP contribution in [-0.4, -0.2) is 27.5 Å². The van der Waals surface area contributed by atoms with Crippen LogP contribution < -0.4 is 11.1 Å². The molecule has 0 bridgehead atoms. The lowest BCUT2D eigenvalue weighted by Gasteiger charge is -2.16. The van der Waals surface area contributed by atoms with Crippen LogP contribution in [-0.2, 0) is 0 Å². The Balaban J connectivity index is 2.22. The van der Waals surface area contributed by atoms with Gasteiger partial charge in [0.1, 0.15) is 11.3 Å². The SMILES string of the molecule is CNC(=O)c1cc2cnc(N)nc2n1C1CCCC1. The highest BCUT2D eigenvalue weighted by Crippen LogP contribution is 2.34. The van der Waals surface area contributed by atoms with Gasteiger partial charge in [-0.2, -0.15) is 4.98 Å². The molecule has 100 valence electrons. The predicted octanol–water partition coefficient (Wildman–Crippen LogP) is 1.49. The van der Waals surface area contributed by atoms with Crippen molar-refractivity contribution in [3.05, 3.63) is 18.0 Å². The van der Waals surface area contributed by atoms with Gasteiger partial charge in [-0.25, -0.2) is 4.98 Å². The van der Waals surface area contributed by atoms with E-state index in [2.05, 4.69) is 15.3 Å². The van der Waals surface area contributed by atoms with Gasteiger partial charge in [0.2, 0.25) is 5.95 Å². The normalized spacial score (nSPS) is 16.1. The summed E-state index contributed by atoms with van der Waals surface area (Å²) in [6.07, 6.45) is 6.22. The summed E-state index contributed by atoms with van der Waals surface area (Å²) in [4.78, 5) is 20.3. The Kier molecular flexibility index (Phi) is 2.85. The van der Waals surface area contributed by atoms with Crippen molar-refractivity contribution in [3.63, 3.8) is 0 Å². The molecule has 1 fully saturated rings. The van der Waals surface area contributed by atoms with E-state index < -0.39 is 0 Å². The van der Waals surface area contributed by atoms with Crippen LogP contribution in [0.5, 0.6) is 0 Å². The molecule has 2 aromatic heterocycles. The third kappa shape index (κ3) is 1.93. The van der Waals surface area contributed by atoms with Gasteiger partial charge in [-0.05, 0) is 18.9 Å². The molecule has 6 nitrogen and oxygen atoms in total. The number of nitrogens with zero attached hydrogens (tertiary/aromatic N) is 3. The van der Waals surface area contributed by atoms with E-state index in [1.807, 2.05) is 10.6 Å².